The Morgan fingerprint density at radius 2 is 2.31 bits per heavy atom. The summed E-state index contributed by atoms with van der Waals surface area (Å²) in [4.78, 5) is 3.93. The fourth-order valence-corrected chi connectivity index (χ4v) is 1.02. The molecule has 0 unspecified atom stereocenters. The van der Waals surface area contributed by atoms with Gasteiger partial charge in [0.2, 0.25) is 6.39 Å². The van der Waals surface area contributed by atoms with Gasteiger partial charge in [0.1, 0.15) is 0 Å². The van der Waals surface area contributed by atoms with E-state index < -0.39 is 0 Å². The van der Waals surface area contributed by atoms with E-state index in [0.717, 1.165) is 31.3 Å². The Balaban J connectivity index is 1.96. The van der Waals surface area contributed by atoms with Crippen LogP contribution in [-0.4, -0.2) is 23.2 Å². The molecule has 0 saturated carbocycles. The van der Waals surface area contributed by atoms with Crippen LogP contribution in [0.2, 0.25) is 0 Å². The summed E-state index contributed by atoms with van der Waals surface area (Å²) in [5.74, 6) is 1.54. The van der Waals surface area contributed by atoms with Crippen molar-refractivity contribution >= 4 is 0 Å². The Morgan fingerprint density at radius 1 is 1.46 bits per heavy atom. The van der Waals surface area contributed by atoms with Gasteiger partial charge in [0.15, 0.2) is 5.82 Å². The van der Waals surface area contributed by atoms with Crippen molar-refractivity contribution in [2.24, 2.45) is 5.92 Å². The first-order valence-electron chi connectivity index (χ1n) is 4.75. The first-order chi connectivity index (χ1) is 6.29. The summed E-state index contributed by atoms with van der Waals surface area (Å²) < 4.78 is 4.62. The topological polar surface area (TPSA) is 51.0 Å². The van der Waals surface area contributed by atoms with Crippen molar-refractivity contribution in [2.45, 2.75) is 26.7 Å². The van der Waals surface area contributed by atoms with Crippen LogP contribution in [0.4, 0.5) is 0 Å². The summed E-state index contributed by atoms with van der Waals surface area (Å²) >= 11 is 0. The molecule has 1 heterocycles. The molecule has 1 rings (SSSR count). The molecular weight excluding hydrogens is 166 g/mol. The minimum atomic E-state index is 0.762. The Kier molecular flexibility index (Phi) is 4.46. The highest BCUT2D eigenvalue weighted by Gasteiger charge is 1.97. The lowest BCUT2D eigenvalue weighted by Crippen LogP contribution is -2.20. The minimum Gasteiger partial charge on any atom is -0.343 e. The lowest BCUT2D eigenvalue weighted by Gasteiger charge is -2.04. The van der Waals surface area contributed by atoms with Crippen LogP contribution in [0.15, 0.2) is 10.9 Å². The van der Waals surface area contributed by atoms with Gasteiger partial charge in [-0.1, -0.05) is 19.0 Å². The number of nitrogens with one attached hydrogen (secondary N) is 1. The molecule has 0 aliphatic heterocycles. The zero-order chi connectivity index (χ0) is 9.52. The third-order valence-corrected chi connectivity index (χ3v) is 1.83. The second-order valence-electron chi connectivity index (χ2n) is 3.53. The van der Waals surface area contributed by atoms with Gasteiger partial charge in [-0.15, -0.1) is 0 Å². The minimum absolute atomic E-state index is 0.762. The summed E-state index contributed by atoms with van der Waals surface area (Å²) in [5, 5.41) is 7.06. The van der Waals surface area contributed by atoms with Crippen molar-refractivity contribution in [2.75, 3.05) is 13.1 Å². The summed E-state index contributed by atoms with van der Waals surface area (Å²) in [6, 6.07) is 0. The van der Waals surface area contributed by atoms with Crippen LogP contribution in [0.1, 0.15) is 26.1 Å². The van der Waals surface area contributed by atoms with E-state index in [1.807, 2.05) is 0 Å². The van der Waals surface area contributed by atoms with Crippen molar-refractivity contribution in [3.8, 4) is 0 Å². The van der Waals surface area contributed by atoms with Crippen molar-refractivity contribution in [1.29, 1.82) is 0 Å². The highest BCUT2D eigenvalue weighted by molar-refractivity contribution is 4.78. The molecule has 1 N–H and O–H groups in total. The van der Waals surface area contributed by atoms with Gasteiger partial charge in [-0.3, -0.25) is 0 Å². The standard InChI is InChI=1S/C9H17N3O/c1-8(2)3-5-10-6-4-9-11-7-13-12-9/h7-8,10H,3-6H2,1-2H3. The Labute approximate surface area is 78.7 Å². The normalized spacial score (nSPS) is 11.0. The van der Waals surface area contributed by atoms with Crippen LogP contribution in [0.25, 0.3) is 0 Å². The Morgan fingerprint density at radius 3 is 2.92 bits per heavy atom. The van der Waals surface area contributed by atoms with Crippen molar-refractivity contribution in [1.82, 2.24) is 15.5 Å². The fraction of sp³-hybridized carbons (Fsp3) is 0.778. The van der Waals surface area contributed by atoms with E-state index in [4.69, 9.17) is 0 Å². The first-order valence-corrected chi connectivity index (χ1v) is 4.75. The number of aromatic nitrogens is 2. The van der Waals surface area contributed by atoms with Crippen LogP contribution in [0.5, 0.6) is 0 Å². The van der Waals surface area contributed by atoms with Gasteiger partial charge in [0.25, 0.3) is 0 Å². The third-order valence-electron chi connectivity index (χ3n) is 1.83. The van der Waals surface area contributed by atoms with E-state index in [9.17, 15) is 0 Å². The zero-order valence-corrected chi connectivity index (χ0v) is 8.29. The molecule has 4 nitrogen and oxygen atoms in total. The van der Waals surface area contributed by atoms with Gasteiger partial charge in [-0.25, -0.2) is 0 Å². The molecule has 0 aromatic carbocycles. The van der Waals surface area contributed by atoms with Crippen LogP contribution in [0.3, 0.4) is 0 Å². The fourth-order valence-electron chi connectivity index (χ4n) is 1.02. The predicted molar refractivity (Wildman–Crippen MR) is 50.3 cm³/mol. The van der Waals surface area contributed by atoms with Crippen LogP contribution >= 0.6 is 0 Å². The molecule has 0 aliphatic rings. The highest BCUT2D eigenvalue weighted by Crippen LogP contribution is 1.96. The van der Waals surface area contributed by atoms with Gasteiger partial charge in [-0.05, 0) is 18.9 Å². The van der Waals surface area contributed by atoms with E-state index in [-0.39, 0.29) is 0 Å². The number of nitrogens with zero attached hydrogens (tertiary/aromatic N) is 2. The number of rotatable bonds is 6. The monoisotopic (exact) mass is 183 g/mol. The summed E-state index contributed by atoms with van der Waals surface area (Å²) in [7, 11) is 0. The molecule has 0 amide bonds. The molecule has 0 radical (unpaired) electrons. The maximum atomic E-state index is 4.62. The molecule has 0 fully saturated rings. The van der Waals surface area contributed by atoms with Crippen molar-refractivity contribution in [3.63, 3.8) is 0 Å². The lowest BCUT2D eigenvalue weighted by atomic mass is 10.1. The van der Waals surface area contributed by atoms with Crippen molar-refractivity contribution in [3.05, 3.63) is 12.2 Å². The first kappa shape index (κ1) is 10.2. The average molecular weight is 183 g/mol. The molecule has 0 aliphatic carbocycles. The Bertz CT molecular complexity index is 209. The highest BCUT2D eigenvalue weighted by atomic mass is 16.5. The van der Waals surface area contributed by atoms with Gasteiger partial charge in [0, 0.05) is 13.0 Å². The van der Waals surface area contributed by atoms with Gasteiger partial charge in [-0.2, -0.15) is 4.98 Å². The molecule has 0 bridgehead atoms. The van der Waals surface area contributed by atoms with Crippen LogP contribution in [0, 0.1) is 5.92 Å². The van der Waals surface area contributed by atoms with Crippen LogP contribution in [-0.2, 0) is 6.42 Å². The molecule has 1 aromatic rings. The summed E-state index contributed by atoms with van der Waals surface area (Å²) in [5.41, 5.74) is 0. The quantitative estimate of drug-likeness (QED) is 0.674. The van der Waals surface area contributed by atoms with E-state index in [1.54, 1.807) is 0 Å². The smallest absolute Gasteiger partial charge is 0.213 e. The van der Waals surface area contributed by atoms with E-state index in [1.165, 1.54) is 12.8 Å². The third kappa shape index (κ3) is 4.62. The van der Waals surface area contributed by atoms with E-state index >= 15 is 0 Å². The molecule has 1 aromatic heterocycles. The predicted octanol–water partition coefficient (Wildman–Crippen LogP) is 1.25. The van der Waals surface area contributed by atoms with Crippen molar-refractivity contribution < 1.29 is 4.52 Å². The summed E-state index contributed by atoms with van der Waals surface area (Å²) in [6.45, 7) is 6.43. The molecule has 0 saturated heterocycles. The SMILES string of the molecule is CC(C)CCNCCc1ncon1. The largest absolute Gasteiger partial charge is 0.343 e. The number of hydrogen-bond acceptors (Lipinski definition) is 4. The molecule has 0 spiro atoms. The molecular formula is C9H17N3O. The zero-order valence-electron chi connectivity index (χ0n) is 8.29. The molecule has 74 valence electrons. The van der Waals surface area contributed by atoms with E-state index in [2.05, 4.69) is 33.8 Å². The Hall–Kier alpha value is -0.900. The maximum absolute atomic E-state index is 4.62. The molecule has 0 atom stereocenters. The second-order valence-corrected chi connectivity index (χ2v) is 3.53. The molecule has 13 heavy (non-hydrogen) atoms. The van der Waals surface area contributed by atoms with Crippen LogP contribution < -0.4 is 5.32 Å². The lowest BCUT2D eigenvalue weighted by molar-refractivity contribution is 0.409. The van der Waals surface area contributed by atoms with Gasteiger partial charge in [0.05, 0.1) is 0 Å². The van der Waals surface area contributed by atoms with Gasteiger partial charge >= 0.3 is 0 Å². The second kappa shape index (κ2) is 5.70. The number of hydrogen-bond donors (Lipinski definition) is 1. The maximum Gasteiger partial charge on any atom is 0.213 e. The molecule has 4 heteroatoms. The van der Waals surface area contributed by atoms with Gasteiger partial charge < -0.3 is 9.84 Å². The average Bonchev–Trinajstić information content (AvgIpc) is 2.55. The summed E-state index contributed by atoms with van der Waals surface area (Å²) in [6.07, 6.45) is 3.42. The van der Waals surface area contributed by atoms with E-state index in [0.29, 0.717) is 0 Å².